The molecule has 0 bridgehead atoms. The Kier molecular flexibility index (Phi) is 8.72. The standard InChI is InChI=1S/C11H19NO5/c1-3-16-10(14)5-7-12(9-13)8-6-11(15)17-4-2/h9H,3-8H2,1-2H3. The maximum absolute atomic E-state index is 11.0. The Morgan fingerprint density at radius 2 is 1.41 bits per heavy atom. The average Bonchev–Trinajstić information content (AvgIpc) is 2.30. The molecule has 0 fully saturated rings. The zero-order valence-electron chi connectivity index (χ0n) is 10.3. The molecule has 0 aliphatic rings. The van der Waals surface area contributed by atoms with Gasteiger partial charge in [0, 0.05) is 13.1 Å². The lowest BCUT2D eigenvalue weighted by Crippen LogP contribution is -2.28. The van der Waals surface area contributed by atoms with Gasteiger partial charge in [0.05, 0.1) is 26.1 Å². The van der Waals surface area contributed by atoms with Gasteiger partial charge in [-0.05, 0) is 13.8 Å². The van der Waals surface area contributed by atoms with E-state index in [-0.39, 0.29) is 37.9 Å². The number of amides is 1. The molecule has 0 aromatic heterocycles. The van der Waals surface area contributed by atoms with E-state index < -0.39 is 0 Å². The molecular formula is C11H19NO5. The normalized spacial score (nSPS) is 9.53. The molecule has 0 N–H and O–H groups in total. The predicted molar refractivity (Wildman–Crippen MR) is 60.1 cm³/mol. The van der Waals surface area contributed by atoms with E-state index in [4.69, 9.17) is 9.47 Å². The summed E-state index contributed by atoms with van der Waals surface area (Å²) in [5.74, 6) is -0.703. The molecule has 0 heterocycles. The summed E-state index contributed by atoms with van der Waals surface area (Å²) < 4.78 is 9.46. The molecule has 17 heavy (non-hydrogen) atoms. The summed E-state index contributed by atoms with van der Waals surface area (Å²) in [5.41, 5.74) is 0. The lowest BCUT2D eigenvalue weighted by molar-refractivity contribution is -0.143. The van der Waals surface area contributed by atoms with E-state index in [9.17, 15) is 14.4 Å². The van der Waals surface area contributed by atoms with E-state index in [0.29, 0.717) is 19.6 Å². The molecule has 1 amide bonds. The minimum absolute atomic E-state index is 0.134. The van der Waals surface area contributed by atoms with Gasteiger partial charge in [-0.2, -0.15) is 0 Å². The van der Waals surface area contributed by atoms with Crippen molar-refractivity contribution in [3.8, 4) is 0 Å². The van der Waals surface area contributed by atoms with Crippen LogP contribution in [0.3, 0.4) is 0 Å². The van der Waals surface area contributed by atoms with Gasteiger partial charge in [0.2, 0.25) is 6.41 Å². The highest BCUT2D eigenvalue weighted by atomic mass is 16.5. The molecule has 0 atom stereocenters. The number of hydrogen-bond acceptors (Lipinski definition) is 5. The van der Waals surface area contributed by atoms with Gasteiger partial charge in [0.1, 0.15) is 0 Å². The summed E-state index contributed by atoms with van der Waals surface area (Å²) in [6.07, 6.45) is 0.878. The average molecular weight is 245 g/mol. The number of ether oxygens (including phenoxy) is 2. The van der Waals surface area contributed by atoms with Crippen LogP contribution in [0.2, 0.25) is 0 Å². The first-order chi connectivity index (χ1) is 8.13. The second-order valence-corrected chi connectivity index (χ2v) is 3.25. The first-order valence-corrected chi connectivity index (χ1v) is 5.64. The zero-order valence-corrected chi connectivity index (χ0v) is 10.3. The highest BCUT2D eigenvalue weighted by Crippen LogP contribution is 1.95. The van der Waals surface area contributed by atoms with E-state index in [0.717, 1.165) is 0 Å². The molecule has 0 aliphatic heterocycles. The maximum atomic E-state index is 11.0. The Labute approximate surface area is 101 Å². The van der Waals surface area contributed by atoms with Crippen molar-refractivity contribution in [1.82, 2.24) is 4.90 Å². The Balaban J connectivity index is 3.80. The SMILES string of the molecule is CCOC(=O)CCN(C=O)CCC(=O)OCC. The molecule has 0 spiro atoms. The lowest BCUT2D eigenvalue weighted by Gasteiger charge is -2.15. The second-order valence-electron chi connectivity index (χ2n) is 3.25. The molecular weight excluding hydrogens is 226 g/mol. The fourth-order valence-corrected chi connectivity index (χ4v) is 1.15. The van der Waals surface area contributed by atoms with Crippen LogP contribution in [0.1, 0.15) is 26.7 Å². The number of rotatable bonds is 9. The quantitative estimate of drug-likeness (QED) is 0.433. The summed E-state index contributed by atoms with van der Waals surface area (Å²) >= 11 is 0. The van der Waals surface area contributed by atoms with Crippen LogP contribution in [0.15, 0.2) is 0 Å². The smallest absolute Gasteiger partial charge is 0.307 e. The first kappa shape index (κ1) is 15.4. The summed E-state index contributed by atoms with van der Waals surface area (Å²) in [4.78, 5) is 34.1. The van der Waals surface area contributed by atoms with Gasteiger partial charge in [0.15, 0.2) is 0 Å². The summed E-state index contributed by atoms with van der Waals surface area (Å²) in [7, 11) is 0. The van der Waals surface area contributed by atoms with Crippen molar-refractivity contribution in [2.45, 2.75) is 26.7 Å². The van der Waals surface area contributed by atoms with Gasteiger partial charge in [-0.25, -0.2) is 0 Å². The van der Waals surface area contributed by atoms with E-state index >= 15 is 0 Å². The molecule has 6 nitrogen and oxygen atoms in total. The molecule has 0 radical (unpaired) electrons. The summed E-state index contributed by atoms with van der Waals surface area (Å²) in [6.45, 7) is 4.58. The van der Waals surface area contributed by atoms with Gasteiger partial charge in [-0.1, -0.05) is 0 Å². The zero-order chi connectivity index (χ0) is 13.1. The number of carbonyl (C=O) groups excluding carboxylic acids is 3. The topological polar surface area (TPSA) is 72.9 Å². The van der Waals surface area contributed by atoms with Crippen LogP contribution in [0.5, 0.6) is 0 Å². The Morgan fingerprint density at radius 1 is 1.00 bits per heavy atom. The van der Waals surface area contributed by atoms with Crippen LogP contribution < -0.4 is 0 Å². The van der Waals surface area contributed by atoms with Crippen molar-refractivity contribution in [1.29, 1.82) is 0 Å². The van der Waals surface area contributed by atoms with Crippen LogP contribution in [-0.2, 0) is 23.9 Å². The van der Waals surface area contributed by atoms with Crippen molar-refractivity contribution < 1.29 is 23.9 Å². The van der Waals surface area contributed by atoms with Crippen molar-refractivity contribution in [3.05, 3.63) is 0 Å². The third-order valence-electron chi connectivity index (χ3n) is 1.97. The highest BCUT2D eigenvalue weighted by Gasteiger charge is 2.09. The first-order valence-electron chi connectivity index (χ1n) is 5.64. The number of carbonyl (C=O) groups is 3. The molecule has 6 heteroatoms. The van der Waals surface area contributed by atoms with Gasteiger partial charge >= 0.3 is 11.9 Å². The van der Waals surface area contributed by atoms with Crippen LogP contribution in [-0.4, -0.2) is 49.6 Å². The Morgan fingerprint density at radius 3 is 1.71 bits per heavy atom. The van der Waals surface area contributed by atoms with Crippen LogP contribution >= 0.6 is 0 Å². The molecule has 0 rings (SSSR count). The third kappa shape index (κ3) is 8.24. The van der Waals surface area contributed by atoms with Gasteiger partial charge in [0.25, 0.3) is 0 Å². The van der Waals surface area contributed by atoms with Gasteiger partial charge < -0.3 is 14.4 Å². The van der Waals surface area contributed by atoms with Crippen LogP contribution in [0, 0.1) is 0 Å². The minimum atomic E-state index is -0.351. The summed E-state index contributed by atoms with van der Waals surface area (Å²) in [5, 5.41) is 0. The lowest BCUT2D eigenvalue weighted by atomic mass is 10.3. The molecule has 0 saturated heterocycles. The molecule has 0 aliphatic carbocycles. The fourth-order valence-electron chi connectivity index (χ4n) is 1.15. The molecule has 0 aromatic rings. The predicted octanol–water partition coefficient (Wildman–Crippen LogP) is 0.351. The van der Waals surface area contributed by atoms with Crippen molar-refractivity contribution >= 4 is 18.3 Å². The van der Waals surface area contributed by atoms with Crippen LogP contribution in [0.4, 0.5) is 0 Å². The fraction of sp³-hybridized carbons (Fsp3) is 0.727. The van der Waals surface area contributed by atoms with E-state index in [1.165, 1.54) is 4.90 Å². The Hall–Kier alpha value is -1.59. The van der Waals surface area contributed by atoms with E-state index in [2.05, 4.69) is 0 Å². The number of hydrogen-bond donors (Lipinski definition) is 0. The second kappa shape index (κ2) is 9.62. The maximum Gasteiger partial charge on any atom is 0.307 e. The van der Waals surface area contributed by atoms with Crippen LogP contribution in [0.25, 0.3) is 0 Å². The summed E-state index contributed by atoms with van der Waals surface area (Å²) in [6, 6.07) is 0. The van der Waals surface area contributed by atoms with Crippen molar-refractivity contribution in [2.24, 2.45) is 0 Å². The molecule has 0 unspecified atom stereocenters. The van der Waals surface area contributed by atoms with E-state index in [1.54, 1.807) is 13.8 Å². The van der Waals surface area contributed by atoms with E-state index in [1.807, 2.05) is 0 Å². The van der Waals surface area contributed by atoms with Gasteiger partial charge in [-0.3, -0.25) is 14.4 Å². The highest BCUT2D eigenvalue weighted by molar-refractivity contribution is 5.71. The number of nitrogens with zero attached hydrogens (tertiary/aromatic N) is 1. The van der Waals surface area contributed by atoms with Gasteiger partial charge in [-0.15, -0.1) is 0 Å². The molecule has 0 aromatic carbocycles. The Bertz CT molecular complexity index is 232. The monoisotopic (exact) mass is 245 g/mol. The van der Waals surface area contributed by atoms with Crippen molar-refractivity contribution in [3.63, 3.8) is 0 Å². The van der Waals surface area contributed by atoms with Crippen molar-refractivity contribution in [2.75, 3.05) is 26.3 Å². The molecule has 98 valence electrons. The number of esters is 2. The third-order valence-corrected chi connectivity index (χ3v) is 1.97. The molecule has 0 saturated carbocycles. The largest absolute Gasteiger partial charge is 0.466 e. The minimum Gasteiger partial charge on any atom is -0.466 e.